The van der Waals surface area contributed by atoms with Crippen LogP contribution >= 0.6 is 0 Å². The molecule has 1 aromatic heterocycles. The number of nitrogens with two attached hydrogens (primary N) is 1. The van der Waals surface area contributed by atoms with Gasteiger partial charge >= 0.3 is 0 Å². The van der Waals surface area contributed by atoms with Gasteiger partial charge in [-0.25, -0.2) is 9.97 Å². The van der Waals surface area contributed by atoms with Crippen LogP contribution in [0.1, 0.15) is 18.5 Å². The van der Waals surface area contributed by atoms with Gasteiger partial charge in [0.05, 0.1) is 5.69 Å². The molecule has 0 atom stereocenters. The van der Waals surface area contributed by atoms with Crippen LogP contribution in [0, 0.1) is 6.33 Å². The topological polar surface area (TPSA) is 51.8 Å². The highest BCUT2D eigenvalue weighted by molar-refractivity contribution is 5.23. The molecule has 1 heterocycles. The highest BCUT2D eigenvalue weighted by atomic mass is 14.9. The summed E-state index contributed by atoms with van der Waals surface area (Å²) in [5.41, 5.74) is 6.86. The van der Waals surface area contributed by atoms with Crippen molar-refractivity contribution in [3.05, 3.63) is 24.3 Å². The van der Waals surface area contributed by atoms with E-state index >= 15 is 0 Å². The van der Waals surface area contributed by atoms with Gasteiger partial charge in [-0.3, -0.25) is 0 Å². The lowest BCUT2D eigenvalue weighted by Gasteiger charge is -2.09. The van der Waals surface area contributed by atoms with Crippen molar-refractivity contribution >= 4 is 0 Å². The first-order valence-electron chi connectivity index (χ1n) is 3.77. The third-order valence-corrected chi connectivity index (χ3v) is 2.32. The molecule has 0 aromatic carbocycles. The van der Waals surface area contributed by atoms with Crippen molar-refractivity contribution in [2.24, 2.45) is 5.73 Å². The Hall–Kier alpha value is -0.960. The molecule has 1 saturated carbocycles. The van der Waals surface area contributed by atoms with Crippen LogP contribution in [-0.2, 0) is 5.41 Å². The molecule has 0 aliphatic heterocycles. The molecule has 57 valence electrons. The van der Waals surface area contributed by atoms with Crippen molar-refractivity contribution in [2.75, 3.05) is 6.54 Å². The summed E-state index contributed by atoms with van der Waals surface area (Å²) in [6.07, 6.45) is 6.63. The number of rotatable bonds is 2. The van der Waals surface area contributed by atoms with Crippen LogP contribution in [0.15, 0.2) is 12.3 Å². The van der Waals surface area contributed by atoms with Crippen LogP contribution in [0.3, 0.4) is 0 Å². The second-order valence-corrected chi connectivity index (χ2v) is 3.03. The standard InChI is InChI=1S/C8H10N3/c9-5-8(2-3-8)7-1-4-10-6-11-7/h1,4H,2-3,5,9H2. The number of nitrogens with zero attached hydrogens (tertiary/aromatic N) is 2. The monoisotopic (exact) mass is 148 g/mol. The molecule has 11 heavy (non-hydrogen) atoms. The second-order valence-electron chi connectivity index (χ2n) is 3.03. The fourth-order valence-electron chi connectivity index (χ4n) is 1.27. The molecule has 0 unspecified atom stereocenters. The van der Waals surface area contributed by atoms with Gasteiger partial charge in [-0.15, -0.1) is 0 Å². The Morgan fingerprint density at radius 2 is 2.45 bits per heavy atom. The first-order valence-corrected chi connectivity index (χ1v) is 3.77. The van der Waals surface area contributed by atoms with Crippen LogP contribution in [0.2, 0.25) is 0 Å². The summed E-state index contributed by atoms with van der Waals surface area (Å²) >= 11 is 0. The van der Waals surface area contributed by atoms with Crippen LogP contribution in [0.25, 0.3) is 0 Å². The molecule has 1 aliphatic carbocycles. The molecular weight excluding hydrogens is 138 g/mol. The SMILES string of the molecule is NCC1(c2ccn[c]n2)CC1. The highest BCUT2D eigenvalue weighted by Gasteiger charge is 2.44. The zero-order valence-electron chi connectivity index (χ0n) is 6.25. The molecule has 0 bridgehead atoms. The summed E-state index contributed by atoms with van der Waals surface area (Å²) in [5.74, 6) is 0. The summed E-state index contributed by atoms with van der Waals surface area (Å²) in [7, 11) is 0. The lowest BCUT2D eigenvalue weighted by atomic mass is 10.0. The van der Waals surface area contributed by atoms with Crippen LogP contribution < -0.4 is 5.73 Å². The van der Waals surface area contributed by atoms with E-state index in [2.05, 4.69) is 16.3 Å². The Labute approximate surface area is 65.7 Å². The third-order valence-electron chi connectivity index (χ3n) is 2.32. The van der Waals surface area contributed by atoms with Gasteiger partial charge in [0.25, 0.3) is 0 Å². The van der Waals surface area contributed by atoms with Crippen LogP contribution in [0.4, 0.5) is 0 Å². The summed E-state index contributed by atoms with van der Waals surface area (Å²) in [6.45, 7) is 0.692. The average molecular weight is 148 g/mol. The third kappa shape index (κ3) is 1.01. The maximum absolute atomic E-state index is 5.63. The van der Waals surface area contributed by atoms with E-state index < -0.39 is 0 Å². The molecule has 0 saturated heterocycles. The summed E-state index contributed by atoms with van der Waals surface area (Å²) in [4.78, 5) is 7.81. The van der Waals surface area contributed by atoms with Gasteiger partial charge < -0.3 is 5.73 Å². The molecule has 1 aromatic rings. The van der Waals surface area contributed by atoms with E-state index in [-0.39, 0.29) is 5.41 Å². The molecule has 1 aliphatic rings. The van der Waals surface area contributed by atoms with Crippen LogP contribution in [-0.4, -0.2) is 16.5 Å². The van der Waals surface area contributed by atoms with Gasteiger partial charge in [0, 0.05) is 18.2 Å². The van der Waals surface area contributed by atoms with Gasteiger partial charge in [-0.2, -0.15) is 0 Å². The van der Waals surface area contributed by atoms with Crippen molar-refractivity contribution in [1.29, 1.82) is 0 Å². The zero-order valence-corrected chi connectivity index (χ0v) is 6.25. The molecule has 0 spiro atoms. The molecule has 2 rings (SSSR count). The Bertz CT molecular complexity index is 241. The first-order chi connectivity index (χ1) is 5.37. The van der Waals surface area contributed by atoms with E-state index in [1.54, 1.807) is 6.20 Å². The first kappa shape index (κ1) is 6.73. The van der Waals surface area contributed by atoms with Gasteiger partial charge in [-0.1, -0.05) is 0 Å². The number of hydrogen-bond acceptors (Lipinski definition) is 3. The minimum Gasteiger partial charge on any atom is -0.330 e. The van der Waals surface area contributed by atoms with E-state index in [1.807, 2.05) is 6.07 Å². The molecule has 2 N–H and O–H groups in total. The van der Waals surface area contributed by atoms with Crippen molar-refractivity contribution in [3.63, 3.8) is 0 Å². The van der Waals surface area contributed by atoms with E-state index in [4.69, 9.17) is 5.73 Å². The zero-order chi connectivity index (χ0) is 7.73. The largest absolute Gasteiger partial charge is 0.330 e. The molecular formula is C8H10N3. The van der Waals surface area contributed by atoms with Gasteiger partial charge in [0.15, 0.2) is 6.33 Å². The van der Waals surface area contributed by atoms with Gasteiger partial charge in [-0.05, 0) is 18.9 Å². The summed E-state index contributed by atoms with van der Waals surface area (Å²) in [5, 5.41) is 0. The fraction of sp³-hybridized carbons (Fsp3) is 0.500. The van der Waals surface area contributed by atoms with Crippen molar-refractivity contribution in [3.8, 4) is 0 Å². The molecule has 3 heteroatoms. The number of hydrogen-bond donors (Lipinski definition) is 1. The molecule has 3 nitrogen and oxygen atoms in total. The minimum absolute atomic E-state index is 0.180. The molecule has 0 amide bonds. The maximum Gasteiger partial charge on any atom is 0.197 e. The normalized spacial score (nSPS) is 19.7. The summed E-state index contributed by atoms with van der Waals surface area (Å²) in [6, 6.07) is 1.93. The lowest BCUT2D eigenvalue weighted by Crippen LogP contribution is -2.20. The Balaban J connectivity index is 2.30. The predicted octanol–water partition coefficient (Wildman–Crippen LogP) is 0.267. The fourth-order valence-corrected chi connectivity index (χ4v) is 1.27. The molecule has 1 radical (unpaired) electrons. The maximum atomic E-state index is 5.63. The smallest absolute Gasteiger partial charge is 0.197 e. The van der Waals surface area contributed by atoms with E-state index in [0.717, 1.165) is 18.5 Å². The second kappa shape index (κ2) is 2.27. The van der Waals surface area contributed by atoms with E-state index in [0.29, 0.717) is 6.54 Å². The highest BCUT2D eigenvalue weighted by Crippen LogP contribution is 2.45. The minimum atomic E-state index is 0.180. The Morgan fingerprint density at radius 1 is 1.64 bits per heavy atom. The van der Waals surface area contributed by atoms with Crippen molar-refractivity contribution < 1.29 is 0 Å². The Kier molecular flexibility index (Phi) is 1.39. The number of aromatic nitrogens is 2. The Morgan fingerprint density at radius 3 is 2.91 bits per heavy atom. The van der Waals surface area contributed by atoms with Gasteiger partial charge in [0.2, 0.25) is 0 Å². The van der Waals surface area contributed by atoms with Crippen LogP contribution in [0.5, 0.6) is 0 Å². The quantitative estimate of drug-likeness (QED) is 0.654. The predicted molar refractivity (Wildman–Crippen MR) is 40.8 cm³/mol. The summed E-state index contributed by atoms with van der Waals surface area (Å²) < 4.78 is 0. The lowest BCUT2D eigenvalue weighted by molar-refractivity contribution is 0.674. The average Bonchev–Trinajstić information content (AvgIpc) is 2.86. The van der Waals surface area contributed by atoms with Crippen molar-refractivity contribution in [2.45, 2.75) is 18.3 Å². The van der Waals surface area contributed by atoms with E-state index in [1.165, 1.54) is 0 Å². The van der Waals surface area contributed by atoms with Crippen molar-refractivity contribution in [1.82, 2.24) is 9.97 Å². The molecule has 1 fully saturated rings. The van der Waals surface area contributed by atoms with E-state index in [9.17, 15) is 0 Å². The van der Waals surface area contributed by atoms with Gasteiger partial charge in [0.1, 0.15) is 0 Å².